The Morgan fingerprint density at radius 2 is 1.79 bits per heavy atom. The summed E-state index contributed by atoms with van der Waals surface area (Å²) in [4.78, 5) is 51.4. The van der Waals surface area contributed by atoms with Gasteiger partial charge in [0, 0.05) is 17.1 Å². The third-order valence-electron chi connectivity index (χ3n) is 5.47. The second kappa shape index (κ2) is 12.0. The number of hydrogen-bond donors (Lipinski definition) is 7. The second-order valence-electron chi connectivity index (χ2n) is 7.90. The van der Waals surface area contributed by atoms with Crippen LogP contribution in [0.2, 0.25) is 0 Å². The Labute approximate surface area is 191 Å². The number of nitrogens with two attached hydrogens (primary N) is 1. The summed E-state index contributed by atoms with van der Waals surface area (Å²) in [7, 11) is 0. The standard InChI is InChI=1S/C22H31N5O6/c1-3-12(2)19(22(33)25-10-18(29)30)27-21(32)17(11-28)26-20(31)15(23)8-13-9-24-16-7-5-4-6-14(13)16/h4-7,9,12,15,17,19,24,28H,3,8,10-11,23H2,1-2H3,(H,25,33)(H,26,31)(H,27,32)(H,29,30). The highest BCUT2D eigenvalue weighted by Crippen LogP contribution is 2.18. The summed E-state index contributed by atoms with van der Waals surface area (Å²) < 4.78 is 0. The lowest BCUT2D eigenvalue weighted by atomic mass is 9.98. The molecule has 0 spiro atoms. The van der Waals surface area contributed by atoms with Gasteiger partial charge < -0.3 is 36.9 Å². The van der Waals surface area contributed by atoms with E-state index in [1.165, 1.54) is 0 Å². The van der Waals surface area contributed by atoms with Crippen LogP contribution in [0.25, 0.3) is 10.9 Å². The average Bonchev–Trinajstić information content (AvgIpc) is 3.21. The van der Waals surface area contributed by atoms with Crippen molar-refractivity contribution in [1.29, 1.82) is 0 Å². The van der Waals surface area contributed by atoms with E-state index in [-0.39, 0.29) is 12.3 Å². The molecule has 0 bridgehead atoms. The summed E-state index contributed by atoms with van der Waals surface area (Å²) in [5.74, 6) is -3.62. The Balaban J connectivity index is 2.01. The number of aliphatic hydroxyl groups excluding tert-OH is 1. The maximum absolute atomic E-state index is 12.7. The number of aliphatic hydroxyl groups is 1. The molecule has 0 aliphatic rings. The minimum Gasteiger partial charge on any atom is -0.480 e. The smallest absolute Gasteiger partial charge is 0.322 e. The van der Waals surface area contributed by atoms with Gasteiger partial charge in [-0.2, -0.15) is 0 Å². The van der Waals surface area contributed by atoms with Crippen LogP contribution in [0.15, 0.2) is 30.5 Å². The van der Waals surface area contributed by atoms with Crippen LogP contribution in [-0.4, -0.2) is 70.2 Å². The monoisotopic (exact) mass is 461 g/mol. The summed E-state index contributed by atoms with van der Waals surface area (Å²) in [5, 5.41) is 26.5. The number of para-hydroxylation sites is 1. The molecule has 180 valence electrons. The summed E-state index contributed by atoms with van der Waals surface area (Å²) in [5.41, 5.74) is 7.78. The third kappa shape index (κ3) is 7.02. The molecule has 8 N–H and O–H groups in total. The molecule has 11 nitrogen and oxygen atoms in total. The molecule has 33 heavy (non-hydrogen) atoms. The zero-order valence-electron chi connectivity index (χ0n) is 18.6. The molecule has 0 aliphatic carbocycles. The van der Waals surface area contributed by atoms with E-state index in [0.717, 1.165) is 16.5 Å². The number of amides is 3. The number of benzene rings is 1. The van der Waals surface area contributed by atoms with Crippen molar-refractivity contribution in [3.63, 3.8) is 0 Å². The second-order valence-corrected chi connectivity index (χ2v) is 7.90. The molecule has 0 aliphatic heterocycles. The van der Waals surface area contributed by atoms with Crippen LogP contribution < -0.4 is 21.7 Å². The van der Waals surface area contributed by atoms with Gasteiger partial charge in [-0.05, 0) is 24.0 Å². The van der Waals surface area contributed by atoms with E-state index in [1.807, 2.05) is 31.2 Å². The highest BCUT2D eigenvalue weighted by molar-refractivity contribution is 5.94. The van der Waals surface area contributed by atoms with Crippen LogP contribution in [0.5, 0.6) is 0 Å². The molecule has 0 saturated carbocycles. The van der Waals surface area contributed by atoms with Crippen molar-refractivity contribution in [2.75, 3.05) is 13.2 Å². The molecule has 1 heterocycles. The number of nitrogens with one attached hydrogen (secondary N) is 4. The van der Waals surface area contributed by atoms with Gasteiger partial charge in [0.2, 0.25) is 17.7 Å². The molecule has 0 fully saturated rings. The minimum atomic E-state index is -1.33. The first-order valence-electron chi connectivity index (χ1n) is 10.7. The number of carbonyl (C=O) groups is 4. The van der Waals surface area contributed by atoms with Gasteiger partial charge in [0.25, 0.3) is 0 Å². The van der Waals surface area contributed by atoms with Crippen LogP contribution in [0.3, 0.4) is 0 Å². The number of fused-ring (bicyclic) bond motifs is 1. The van der Waals surface area contributed by atoms with E-state index in [1.54, 1.807) is 13.1 Å². The van der Waals surface area contributed by atoms with Crippen molar-refractivity contribution in [2.45, 2.75) is 44.8 Å². The maximum atomic E-state index is 12.7. The Kier molecular flexibility index (Phi) is 9.37. The van der Waals surface area contributed by atoms with Crippen LogP contribution >= 0.6 is 0 Å². The first-order chi connectivity index (χ1) is 15.7. The number of H-pyrrole nitrogens is 1. The summed E-state index contributed by atoms with van der Waals surface area (Å²) in [6.07, 6.45) is 2.50. The van der Waals surface area contributed by atoms with E-state index in [9.17, 15) is 24.3 Å². The van der Waals surface area contributed by atoms with E-state index >= 15 is 0 Å². The van der Waals surface area contributed by atoms with Crippen LogP contribution in [-0.2, 0) is 25.6 Å². The number of carboxylic acids is 1. The minimum absolute atomic E-state index is 0.211. The number of aliphatic carboxylic acids is 1. The Morgan fingerprint density at radius 1 is 1.09 bits per heavy atom. The largest absolute Gasteiger partial charge is 0.480 e. The van der Waals surface area contributed by atoms with Crippen molar-refractivity contribution in [2.24, 2.45) is 11.7 Å². The van der Waals surface area contributed by atoms with Crippen LogP contribution in [0.1, 0.15) is 25.8 Å². The number of hydrogen-bond acceptors (Lipinski definition) is 6. The third-order valence-corrected chi connectivity index (χ3v) is 5.47. The lowest BCUT2D eigenvalue weighted by molar-refractivity contribution is -0.139. The Morgan fingerprint density at radius 3 is 2.42 bits per heavy atom. The fourth-order valence-electron chi connectivity index (χ4n) is 3.33. The Hall–Kier alpha value is -3.44. The number of carbonyl (C=O) groups excluding carboxylic acids is 3. The fourth-order valence-corrected chi connectivity index (χ4v) is 3.33. The van der Waals surface area contributed by atoms with Crippen molar-refractivity contribution >= 4 is 34.6 Å². The Bertz CT molecular complexity index is 991. The lowest BCUT2D eigenvalue weighted by Crippen LogP contribution is -2.58. The van der Waals surface area contributed by atoms with Crippen molar-refractivity contribution in [3.8, 4) is 0 Å². The summed E-state index contributed by atoms with van der Waals surface area (Å²) in [6.45, 7) is 2.23. The molecular formula is C22H31N5O6. The molecule has 0 saturated heterocycles. The van der Waals surface area contributed by atoms with Gasteiger partial charge in [-0.25, -0.2) is 0 Å². The first kappa shape index (κ1) is 25.8. The molecule has 0 radical (unpaired) electrons. The normalized spacial score (nSPS) is 14.7. The van der Waals surface area contributed by atoms with Gasteiger partial charge in [0.05, 0.1) is 12.6 Å². The molecule has 11 heteroatoms. The molecular weight excluding hydrogens is 430 g/mol. The van der Waals surface area contributed by atoms with Crippen LogP contribution in [0.4, 0.5) is 0 Å². The SMILES string of the molecule is CCC(C)C(NC(=O)C(CO)NC(=O)C(N)Cc1c[nH]c2ccccc12)C(=O)NCC(=O)O. The van der Waals surface area contributed by atoms with E-state index in [2.05, 4.69) is 20.9 Å². The van der Waals surface area contributed by atoms with Gasteiger partial charge >= 0.3 is 5.97 Å². The predicted octanol–water partition coefficient (Wildman–Crippen LogP) is -0.753. The van der Waals surface area contributed by atoms with Crippen LogP contribution in [0, 0.1) is 5.92 Å². The number of rotatable bonds is 12. The molecule has 2 aromatic rings. The van der Waals surface area contributed by atoms with Crippen molar-refractivity contribution < 1.29 is 29.4 Å². The van der Waals surface area contributed by atoms with Gasteiger partial charge in [0.15, 0.2) is 0 Å². The van der Waals surface area contributed by atoms with Gasteiger partial charge in [-0.1, -0.05) is 38.5 Å². The summed E-state index contributed by atoms with van der Waals surface area (Å²) >= 11 is 0. The summed E-state index contributed by atoms with van der Waals surface area (Å²) in [6, 6.07) is 4.22. The van der Waals surface area contributed by atoms with E-state index < -0.39 is 55.0 Å². The quantitative estimate of drug-likeness (QED) is 0.216. The topological polar surface area (TPSA) is 187 Å². The molecule has 1 aromatic carbocycles. The van der Waals surface area contributed by atoms with Gasteiger partial charge in [-0.15, -0.1) is 0 Å². The molecule has 4 unspecified atom stereocenters. The maximum Gasteiger partial charge on any atom is 0.322 e. The lowest BCUT2D eigenvalue weighted by Gasteiger charge is -2.26. The van der Waals surface area contributed by atoms with E-state index in [0.29, 0.717) is 6.42 Å². The number of aromatic amines is 1. The fraction of sp³-hybridized carbons (Fsp3) is 0.455. The van der Waals surface area contributed by atoms with Gasteiger partial charge in [-0.3, -0.25) is 19.2 Å². The zero-order chi connectivity index (χ0) is 24.5. The number of aromatic nitrogens is 1. The molecule has 3 amide bonds. The molecule has 2 rings (SSSR count). The average molecular weight is 462 g/mol. The highest BCUT2D eigenvalue weighted by Gasteiger charge is 2.30. The van der Waals surface area contributed by atoms with Crippen molar-refractivity contribution in [3.05, 3.63) is 36.0 Å². The number of carboxylic acid groups (broad SMARTS) is 1. The zero-order valence-corrected chi connectivity index (χ0v) is 18.6. The molecule has 4 atom stereocenters. The predicted molar refractivity (Wildman–Crippen MR) is 121 cm³/mol. The van der Waals surface area contributed by atoms with Crippen molar-refractivity contribution in [1.82, 2.24) is 20.9 Å². The van der Waals surface area contributed by atoms with E-state index in [4.69, 9.17) is 10.8 Å². The highest BCUT2D eigenvalue weighted by atomic mass is 16.4. The van der Waals surface area contributed by atoms with Gasteiger partial charge in [0.1, 0.15) is 18.6 Å². The first-order valence-corrected chi connectivity index (χ1v) is 10.7. The molecule has 1 aromatic heterocycles.